The van der Waals surface area contributed by atoms with Crippen LogP contribution in [0.5, 0.6) is 0 Å². The van der Waals surface area contributed by atoms with E-state index in [1.807, 2.05) is 6.92 Å². The Morgan fingerprint density at radius 2 is 2.00 bits per heavy atom. The second-order valence-electron chi connectivity index (χ2n) is 7.57. The molecule has 0 bridgehead atoms. The summed E-state index contributed by atoms with van der Waals surface area (Å²) in [6, 6.07) is 9.54. The standard InChI is InChI=1S/C21H33N3OS/c1-4-22-21(23-16-10-8-11-17(13-16)26(25)5-2)24-20-14-19(20)18-12-7-6-9-15(18)3/h6-7,9,12,16-17,19-20H,4-5,8,10-11,13-14H2,1-3H3,(H2,22,23,24). The number of benzene rings is 1. The van der Waals surface area contributed by atoms with E-state index in [0.29, 0.717) is 23.3 Å². The van der Waals surface area contributed by atoms with E-state index < -0.39 is 10.8 Å². The maximum Gasteiger partial charge on any atom is 0.191 e. The predicted octanol–water partition coefficient (Wildman–Crippen LogP) is 3.49. The molecule has 1 aromatic rings. The summed E-state index contributed by atoms with van der Waals surface area (Å²) in [5.41, 5.74) is 2.83. The first-order valence-corrected chi connectivity index (χ1v) is 11.5. The van der Waals surface area contributed by atoms with Crippen LogP contribution in [0.4, 0.5) is 0 Å². The molecular weight excluding hydrogens is 342 g/mol. The molecule has 0 saturated heterocycles. The molecule has 5 atom stereocenters. The molecular formula is C21H33N3OS. The van der Waals surface area contributed by atoms with Crippen molar-refractivity contribution in [1.29, 1.82) is 0 Å². The van der Waals surface area contributed by atoms with Crippen LogP contribution >= 0.6 is 0 Å². The van der Waals surface area contributed by atoms with E-state index in [1.54, 1.807) is 0 Å². The quantitative estimate of drug-likeness (QED) is 0.591. The van der Waals surface area contributed by atoms with Gasteiger partial charge >= 0.3 is 0 Å². The first kappa shape index (κ1) is 19.4. The smallest absolute Gasteiger partial charge is 0.191 e. The van der Waals surface area contributed by atoms with Gasteiger partial charge in [0.2, 0.25) is 0 Å². The average Bonchev–Trinajstić information content (AvgIpc) is 3.40. The van der Waals surface area contributed by atoms with E-state index in [-0.39, 0.29) is 0 Å². The molecule has 0 heterocycles. The zero-order chi connectivity index (χ0) is 18.5. The lowest BCUT2D eigenvalue weighted by molar-refractivity contribution is 0.413. The largest absolute Gasteiger partial charge is 0.354 e. The maximum atomic E-state index is 12.2. The third-order valence-electron chi connectivity index (χ3n) is 5.64. The van der Waals surface area contributed by atoms with E-state index >= 15 is 0 Å². The van der Waals surface area contributed by atoms with Crippen LogP contribution in [-0.4, -0.2) is 39.8 Å². The van der Waals surface area contributed by atoms with Gasteiger partial charge in [-0.2, -0.15) is 0 Å². The van der Waals surface area contributed by atoms with Crippen LogP contribution in [0, 0.1) is 6.92 Å². The number of guanidine groups is 1. The number of hydrogen-bond donors (Lipinski definition) is 2. The van der Waals surface area contributed by atoms with Gasteiger partial charge in [0.25, 0.3) is 0 Å². The first-order valence-electron chi connectivity index (χ1n) is 10.1. The molecule has 2 saturated carbocycles. The molecule has 2 N–H and O–H groups in total. The third kappa shape index (κ3) is 4.87. The Bertz CT molecular complexity index is 660. The third-order valence-corrected chi connectivity index (χ3v) is 7.38. The molecule has 5 heteroatoms. The topological polar surface area (TPSA) is 53.5 Å². The van der Waals surface area contributed by atoms with Gasteiger partial charge in [0.1, 0.15) is 0 Å². The molecule has 4 nitrogen and oxygen atoms in total. The summed E-state index contributed by atoms with van der Waals surface area (Å²) >= 11 is 0. The van der Waals surface area contributed by atoms with Crippen molar-refractivity contribution in [3.05, 3.63) is 35.4 Å². The van der Waals surface area contributed by atoms with E-state index in [1.165, 1.54) is 17.5 Å². The summed E-state index contributed by atoms with van der Waals surface area (Å²) < 4.78 is 12.2. The molecule has 0 spiro atoms. The summed E-state index contributed by atoms with van der Waals surface area (Å²) in [4.78, 5) is 4.66. The van der Waals surface area contributed by atoms with Crippen LogP contribution in [0.1, 0.15) is 63.0 Å². The van der Waals surface area contributed by atoms with Crippen molar-refractivity contribution >= 4 is 16.8 Å². The molecule has 0 amide bonds. The molecule has 0 aliphatic heterocycles. The fourth-order valence-corrected chi connectivity index (χ4v) is 5.46. The monoisotopic (exact) mass is 375 g/mol. The van der Waals surface area contributed by atoms with Crippen molar-refractivity contribution in [2.24, 2.45) is 4.99 Å². The average molecular weight is 376 g/mol. The lowest BCUT2D eigenvalue weighted by Crippen LogP contribution is -2.47. The molecule has 1 aromatic carbocycles. The Labute approximate surface area is 160 Å². The van der Waals surface area contributed by atoms with E-state index in [2.05, 4.69) is 53.7 Å². The lowest BCUT2D eigenvalue weighted by atomic mass is 9.95. The van der Waals surface area contributed by atoms with E-state index in [4.69, 9.17) is 0 Å². The van der Waals surface area contributed by atoms with Crippen molar-refractivity contribution in [2.45, 2.75) is 76.1 Å². The second kappa shape index (κ2) is 9.03. The van der Waals surface area contributed by atoms with Crippen molar-refractivity contribution in [3.63, 3.8) is 0 Å². The van der Waals surface area contributed by atoms with Gasteiger partial charge in [-0.25, -0.2) is 0 Å². The predicted molar refractivity (Wildman–Crippen MR) is 111 cm³/mol. The zero-order valence-corrected chi connectivity index (χ0v) is 17.1. The van der Waals surface area contributed by atoms with Gasteiger partial charge < -0.3 is 10.6 Å². The molecule has 3 rings (SSSR count). The zero-order valence-electron chi connectivity index (χ0n) is 16.3. The maximum absolute atomic E-state index is 12.2. The summed E-state index contributed by atoms with van der Waals surface area (Å²) in [6.45, 7) is 7.07. The number of aliphatic imine (C=N–C) groups is 1. The Kier molecular flexibility index (Phi) is 6.74. The van der Waals surface area contributed by atoms with Gasteiger partial charge in [-0.3, -0.25) is 9.20 Å². The number of aryl methyl sites for hydroxylation is 1. The highest BCUT2D eigenvalue weighted by Gasteiger charge is 2.40. The number of rotatable bonds is 6. The van der Waals surface area contributed by atoms with Gasteiger partial charge in [-0.1, -0.05) is 37.6 Å². The first-order chi connectivity index (χ1) is 12.6. The number of nitrogens with one attached hydrogen (secondary N) is 2. The molecule has 0 aromatic heterocycles. The molecule has 2 aliphatic carbocycles. The van der Waals surface area contributed by atoms with Crippen LogP contribution in [0.2, 0.25) is 0 Å². The molecule has 2 aliphatic rings. The van der Waals surface area contributed by atoms with Gasteiger partial charge in [0.05, 0.1) is 0 Å². The highest BCUT2D eigenvalue weighted by Crippen LogP contribution is 2.42. The van der Waals surface area contributed by atoms with Crippen LogP contribution in [-0.2, 0) is 10.8 Å². The van der Waals surface area contributed by atoms with Crippen molar-refractivity contribution in [2.75, 3.05) is 12.3 Å². The Morgan fingerprint density at radius 3 is 2.73 bits per heavy atom. The number of nitrogens with zero attached hydrogens (tertiary/aromatic N) is 1. The SMILES string of the molecule is CCN=C(NC1CCCC(S(=O)CC)C1)NC1CC1c1ccccc1C. The van der Waals surface area contributed by atoms with Gasteiger partial charge in [-0.05, 0) is 50.7 Å². The van der Waals surface area contributed by atoms with Crippen molar-refractivity contribution in [1.82, 2.24) is 10.6 Å². The van der Waals surface area contributed by atoms with Crippen LogP contribution in [0.15, 0.2) is 29.3 Å². The van der Waals surface area contributed by atoms with Gasteiger partial charge in [0, 0.05) is 46.3 Å². The van der Waals surface area contributed by atoms with Crippen molar-refractivity contribution in [3.8, 4) is 0 Å². The molecule has 26 heavy (non-hydrogen) atoms. The lowest BCUT2D eigenvalue weighted by Gasteiger charge is -2.30. The van der Waals surface area contributed by atoms with Gasteiger partial charge in [0.15, 0.2) is 5.96 Å². The minimum Gasteiger partial charge on any atom is -0.354 e. The Morgan fingerprint density at radius 1 is 1.19 bits per heavy atom. The fourth-order valence-electron chi connectivity index (χ4n) is 4.11. The van der Waals surface area contributed by atoms with Crippen LogP contribution < -0.4 is 10.6 Å². The minimum atomic E-state index is -0.685. The van der Waals surface area contributed by atoms with Gasteiger partial charge in [-0.15, -0.1) is 0 Å². The number of hydrogen-bond acceptors (Lipinski definition) is 2. The Hall–Kier alpha value is -1.36. The van der Waals surface area contributed by atoms with Crippen molar-refractivity contribution < 1.29 is 4.21 Å². The summed E-state index contributed by atoms with van der Waals surface area (Å²) in [5.74, 6) is 2.29. The van der Waals surface area contributed by atoms with E-state index in [9.17, 15) is 4.21 Å². The molecule has 5 unspecified atom stereocenters. The normalized spacial score (nSPS) is 29.9. The highest BCUT2D eigenvalue weighted by atomic mass is 32.2. The summed E-state index contributed by atoms with van der Waals surface area (Å²) in [6.07, 6.45) is 5.57. The highest BCUT2D eigenvalue weighted by molar-refractivity contribution is 7.85. The molecule has 2 fully saturated rings. The summed E-state index contributed by atoms with van der Waals surface area (Å²) in [7, 11) is -0.685. The Balaban J connectivity index is 1.56. The molecule has 144 valence electrons. The second-order valence-corrected chi connectivity index (χ2v) is 9.58. The minimum absolute atomic E-state index is 0.342. The van der Waals surface area contributed by atoms with E-state index in [0.717, 1.165) is 43.9 Å². The molecule has 0 radical (unpaired) electrons. The van der Waals surface area contributed by atoms with Crippen LogP contribution in [0.3, 0.4) is 0 Å². The summed E-state index contributed by atoms with van der Waals surface area (Å²) in [5, 5.41) is 7.61. The fraction of sp³-hybridized carbons (Fsp3) is 0.667. The van der Waals surface area contributed by atoms with Crippen LogP contribution in [0.25, 0.3) is 0 Å².